The highest BCUT2D eigenvalue weighted by Gasteiger charge is 2.64. The molecule has 2 nitrogen and oxygen atoms in total. The van der Waals surface area contributed by atoms with Crippen molar-refractivity contribution < 1.29 is 9.90 Å². The lowest BCUT2D eigenvalue weighted by Gasteiger charge is -2.10. The predicted molar refractivity (Wildman–Crippen MR) is 57.4 cm³/mol. The third kappa shape index (κ3) is 1.78. The molecule has 80 valence electrons. The monoisotopic (exact) mass is 236 g/mol. The minimum absolute atomic E-state index is 0.000000000000000222. The van der Waals surface area contributed by atoms with Crippen LogP contribution < -0.4 is 0 Å². The van der Waals surface area contributed by atoms with E-state index in [2.05, 4.69) is 0 Å². The molecule has 0 amide bonds. The van der Waals surface area contributed by atoms with Gasteiger partial charge in [-0.15, -0.1) is 0 Å². The Balaban J connectivity index is 2.87. The summed E-state index contributed by atoms with van der Waals surface area (Å²) in [6, 6.07) is 0. The fourth-order valence-electron chi connectivity index (χ4n) is 2.48. The zero-order valence-electron chi connectivity index (χ0n) is 8.26. The van der Waals surface area contributed by atoms with Gasteiger partial charge in [0.1, 0.15) is 4.49 Å². The minimum atomic E-state index is -0.746. The molecule has 0 aromatic carbocycles. The maximum Gasteiger partial charge on any atom is 0.307 e. The van der Waals surface area contributed by atoms with Gasteiger partial charge in [0.15, 0.2) is 0 Å². The van der Waals surface area contributed by atoms with Crippen LogP contribution in [0.25, 0.3) is 0 Å². The second kappa shape index (κ2) is 4.11. The Morgan fingerprint density at radius 3 is 2.14 bits per heavy atom. The maximum absolute atomic E-state index is 11.0. The molecule has 14 heavy (non-hydrogen) atoms. The molecule has 4 heteroatoms. The third-order valence-corrected chi connectivity index (χ3v) is 3.67. The molecule has 0 aromatic heterocycles. The molecule has 1 N–H and O–H groups in total. The van der Waals surface area contributed by atoms with Crippen molar-refractivity contribution >= 4 is 29.2 Å². The molecule has 2 atom stereocenters. The van der Waals surface area contributed by atoms with Gasteiger partial charge < -0.3 is 5.11 Å². The lowest BCUT2D eigenvalue weighted by molar-refractivity contribution is -0.139. The Labute approximate surface area is 93.9 Å². The van der Waals surface area contributed by atoms with E-state index in [1.54, 1.807) is 6.08 Å². The zero-order valence-corrected chi connectivity index (χ0v) is 9.77. The fourth-order valence-corrected chi connectivity index (χ4v) is 2.75. The maximum atomic E-state index is 11.0. The number of aliphatic carboxylic acids is 1. The van der Waals surface area contributed by atoms with Crippen LogP contribution in [-0.2, 0) is 4.79 Å². The number of halogens is 2. The van der Waals surface area contributed by atoms with E-state index < -0.39 is 5.97 Å². The summed E-state index contributed by atoms with van der Waals surface area (Å²) in [5, 5.41) is 9.02. The molecule has 0 spiro atoms. The van der Waals surface area contributed by atoms with Crippen LogP contribution in [0.3, 0.4) is 0 Å². The first-order valence-electron chi connectivity index (χ1n) is 4.75. The van der Waals surface area contributed by atoms with E-state index in [0.717, 1.165) is 12.8 Å². The minimum Gasteiger partial charge on any atom is -0.481 e. The smallest absolute Gasteiger partial charge is 0.307 e. The van der Waals surface area contributed by atoms with Crippen LogP contribution in [0, 0.1) is 17.3 Å². The molecule has 1 aliphatic carbocycles. The second-order valence-corrected chi connectivity index (χ2v) is 4.75. The van der Waals surface area contributed by atoms with E-state index >= 15 is 0 Å². The zero-order chi connectivity index (χ0) is 10.9. The van der Waals surface area contributed by atoms with E-state index in [1.807, 2.05) is 13.8 Å². The van der Waals surface area contributed by atoms with Gasteiger partial charge in [-0.05, 0) is 30.3 Å². The van der Waals surface area contributed by atoms with Crippen LogP contribution in [0.5, 0.6) is 0 Å². The summed E-state index contributed by atoms with van der Waals surface area (Å²) in [6.07, 6.45) is 3.36. The molecule has 1 rings (SSSR count). The van der Waals surface area contributed by atoms with E-state index in [-0.39, 0.29) is 21.7 Å². The molecule has 1 aliphatic rings. The van der Waals surface area contributed by atoms with Crippen LogP contribution in [0.2, 0.25) is 0 Å². The molecule has 1 fully saturated rings. The van der Waals surface area contributed by atoms with Crippen LogP contribution >= 0.6 is 23.2 Å². The molecule has 1 saturated carbocycles. The molecule has 0 aromatic rings. The van der Waals surface area contributed by atoms with Crippen molar-refractivity contribution in [1.29, 1.82) is 0 Å². The van der Waals surface area contributed by atoms with Crippen LogP contribution in [0.1, 0.15) is 26.7 Å². The average molecular weight is 237 g/mol. The van der Waals surface area contributed by atoms with Crippen molar-refractivity contribution in [3.63, 3.8) is 0 Å². The first-order chi connectivity index (χ1) is 6.49. The fraction of sp³-hybridized carbons (Fsp3) is 0.700. The molecule has 0 radical (unpaired) electrons. The quantitative estimate of drug-likeness (QED) is 0.813. The van der Waals surface area contributed by atoms with Gasteiger partial charge in [-0.2, -0.15) is 0 Å². The summed E-state index contributed by atoms with van der Waals surface area (Å²) < 4.78 is 0.171. The summed E-state index contributed by atoms with van der Waals surface area (Å²) in [6.45, 7) is 4.02. The number of carboxylic acid groups (broad SMARTS) is 1. The van der Waals surface area contributed by atoms with Crippen molar-refractivity contribution in [2.24, 2.45) is 17.3 Å². The van der Waals surface area contributed by atoms with Gasteiger partial charge in [-0.3, -0.25) is 4.79 Å². The molecule has 0 heterocycles. The Morgan fingerprint density at radius 1 is 1.43 bits per heavy atom. The van der Waals surface area contributed by atoms with Crippen molar-refractivity contribution in [1.82, 2.24) is 0 Å². The van der Waals surface area contributed by atoms with Crippen molar-refractivity contribution in [3.05, 3.63) is 10.6 Å². The molecule has 0 saturated heterocycles. The van der Waals surface area contributed by atoms with E-state index in [9.17, 15) is 4.79 Å². The summed E-state index contributed by atoms with van der Waals surface area (Å²) in [4.78, 5) is 11.0. The van der Waals surface area contributed by atoms with Crippen LogP contribution in [0.15, 0.2) is 10.6 Å². The first-order valence-corrected chi connectivity index (χ1v) is 5.50. The summed E-state index contributed by atoms with van der Waals surface area (Å²) in [7, 11) is 0. The van der Waals surface area contributed by atoms with Crippen molar-refractivity contribution in [3.8, 4) is 0 Å². The predicted octanol–water partition coefficient (Wildman–Crippen LogP) is 3.44. The molecule has 0 aliphatic heterocycles. The van der Waals surface area contributed by atoms with Crippen molar-refractivity contribution in [2.75, 3.05) is 0 Å². The van der Waals surface area contributed by atoms with Gasteiger partial charge in [0.2, 0.25) is 0 Å². The highest BCUT2D eigenvalue weighted by atomic mass is 35.5. The lowest BCUT2D eigenvalue weighted by Crippen LogP contribution is -2.08. The Hall–Kier alpha value is -0.210. The first kappa shape index (κ1) is 11.9. The molecular weight excluding hydrogens is 223 g/mol. The standard InChI is InChI=1S/C10H14Cl2O2/c1-3-10(4-2)6(5-7(11)12)8(10)9(13)14/h5-6,8H,3-4H2,1-2H3,(H,13,14). The van der Waals surface area contributed by atoms with Gasteiger partial charge >= 0.3 is 5.97 Å². The normalized spacial score (nSPS) is 28.3. The number of carbonyl (C=O) groups is 1. The Kier molecular flexibility index (Phi) is 3.49. The number of rotatable bonds is 4. The Bertz CT molecular complexity index is 265. The van der Waals surface area contributed by atoms with Crippen molar-refractivity contribution in [2.45, 2.75) is 26.7 Å². The SMILES string of the molecule is CCC1(CC)C(C=C(Cl)Cl)C1C(=O)O. The van der Waals surface area contributed by atoms with Gasteiger partial charge in [0.25, 0.3) is 0 Å². The second-order valence-electron chi connectivity index (χ2n) is 3.74. The number of hydrogen-bond donors (Lipinski definition) is 1. The topological polar surface area (TPSA) is 37.3 Å². The van der Waals surface area contributed by atoms with Gasteiger partial charge in [-0.1, -0.05) is 37.0 Å². The highest BCUT2D eigenvalue weighted by molar-refractivity contribution is 6.55. The largest absolute Gasteiger partial charge is 0.481 e. The van der Waals surface area contributed by atoms with Gasteiger partial charge in [0, 0.05) is 0 Å². The van der Waals surface area contributed by atoms with E-state index in [1.165, 1.54) is 0 Å². The molecule has 2 unspecified atom stereocenters. The average Bonchev–Trinajstić information content (AvgIpc) is 2.72. The van der Waals surface area contributed by atoms with Gasteiger partial charge in [-0.25, -0.2) is 0 Å². The van der Waals surface area contributed by atoms with E-state index in [0.29, 0.717) is 0 Å². The third-order valence-electron chi connectivity index (χ3n) is 3.42. The number of allylic oxidation sites excluding steroid dienone is 1. The van der Waals surface area contributed by atoms with Crippen LogP contribution in [0.4, 0.5) is 0 Å². The summed E-state index contributed by atoms with van der Waals surface area (Å²) >= 11 is 11.1. The summed E-state index contributed by atoms with van der Waals surface area (Å²) in [5.41, 5.74) is -0.124. The van der Waals surface area contributed by atoms with E-state index in [4.69, 9.17) is 28.3 Å². The number of hydrogen-bond acceptors (Lipinski definition) is 1. The molecule has 0 bridgehead atoms. The molecular formula is C10H14Cl2O2. The van der Waals surface area contributed by atoms with Crippen LogP contribution in [-0.4, -0.2) is 11.1 Å². The van der Waals surface area contributed by atoms with Gasteiger partial charge in [0.05, 0.1) is 5.92 Å². The summed E-state index contributed by atoms with van der Waals surface area (Å²) in [5.74, 6) is -1.06. The lowest BCUT2D eigenvalue weighted by atomic mass is 9.95. The highest BCUT2D eigenvalue weighted by Crippen LogP contribution is 2.64. The Morgan fingerprint density at radius 2 is 1.93 bits per heavy atom. The number of carboxylic acids is 1.